The second-order valence-electron chi connectivity index (χ2n) is 14.1. The summed E-state index contributed by atoms with van der Waals surface area (Å²) in [5.74, 6) is 0. The molecule has 0 bridgehead atoms. The number of nitrogens with zero attached hydrogens (tertiary/aromatic N) is 1. The molecule has 1 aromatic heterocycles. The summed E-state index contributed by atoms with van der Waals surface area (Å²) in [6, 6.07) is 72.2. The molecule has 0 amide bonds. The lowest BCUT2D eigenvalue weighted by atomic mass is 9.90. The van der Waals surface area contributed by atoms with Crippen LogP contribution in [0.4, 0.5) is 17.1 Å². The van der Waals surface area contributed by atoms with Crippen molar-refractivity contribution in [2.24, 2.45) is 0 Å². The molecule has 0 aliphatic rings. The van der Waals surface area contributed by atoms with E-state index in [0.717, 1.165) is 39.0 Å². The highest BCUT2D eigenvalue weighted by molar-refractivity contribution is 6.24. The lowest BCUT2D eigenvalue weighted by Crippen LogP contribution is -2.10. The van der Waals surface area contributed by atoms with Crippen molar-refractivity contribution in [3.8, 4) is 22.3 Å². The number of hydrogen-bond donors (Lipinski definition) is 0. The predicted octanol–water partition coefficient (Wildman–Crippen LogP) is 15.0. The van der Waals surface area contributed by atoms with Crippen molar-refractivity contribution in [3.05, 3.63) is 200 Å². The van der Waals surface area contributed by atoms with Gasteiger partial charge in [-0.2, -0.15) is 0 Å². The van der Waals surface area contributed by atoms with Gasteiger partial charge in [0.15, 0.2) is 5.58 Å². The molecule has 0 saturated heterocycles. The zero-order chi connectivity index (χ0) is 35.6. The van der Waals surface area contributed by atoms with Crippen LogP contribution in [0.25, 0.3) is 87.3 Å². The maximum absolute atomic E-state index is 6.78. The van der Waals surface area contributed by atoms with Crippen molar-refractivity contribution >= 4 is 82.1 Å². The summed E-state index contributed by atoms with van der Waals surface area (Å²) in [6.45, 7) is 0. The third kappa shape index (κ3) is 4.81. The van der Waals surface area contributed by atoms with Crippen LogP contribution in [0.1, 0.15) is 0 Å². The average Bonchev–Trinajstić information content (AvgIpc) is 3.64. The van der Waals surface area contributed by atoms with E-state index in [1.165, 1.54) is 65.3 Å². The molecule has 0 radical (unpaired) electrons. The summed E-state index contributed by atoms with van der Waals surface area (Å²) in [4.78, 5) is 2.35. The number of furan rings is 1. The monoisotopic (exact) mass is 687 g/mol. The van der Waals surface area contributed by atoms with E-state index in [0.29, 0.717) is 0 Å². The summed E-state index contributed by atoms with van der Waals surface area (Å²) in [6.07, 6.45) is 0. The van der Waals surface area contributed by atoms with Crippen LogP contribution in [0.5, 0.6) is 0 Å². The van der Waals surface area contributed by atoms with Crippen LogP contribution in [-0.2, 0) is 0 Å². The SMILES string of the molecule is c1ccc(-c2ccc(N(c3ccc(-c4cc5ccc6ccccc6c5c5ccccc45)cc3)c3cc4ccccc4c4c3oc3ccccc34)cc2)cc1. The molecule has 11 rings (SSSR count). The van der Waals surface area contributed by atoms with E-state index in [-0.39, 0.29) is 0 Å². The molecule has 0 aliphatic carbocycles. The predicted molar refractivity (Wildman–Crippen MR) is 229 cm³/mol. The fraction of sp³-hybridized carbons (Fsp3) is 0. The third-order valence-electron chi connectivity index (χ3n) is 11.0. The number of benzene rings is 10. The second-order valence-corrected chi connectivity index (χ2v) is 14.1. The maximum atomic E-state index is 6.78. The van der Waals surface area contributed by atoms with Crippen LogP contribution in [0.3, 0.4) is 0 Å². The van der Waals surface area contributed by atoms with E-state index in [1.54, 1.807) is 0 Å². The van der Waals surface area contributed by atoms with Gasteiger partial charge in [0.2, 0.25) is 0 Å². The Hall–Kier alpha value is -7.16. The van der Waals surface area contributed by atoms with E-state index in [1.807, 2.05) is 6.07 Å². The molecule has 0 atom stereocenters. The number of para-hydroxylation sites is 1. The normalized spacial score (nSPS) is 11.7. The minimum atomic E-state index is 0.874. The Labute approximate surface area is 312 Å². The molecular formula is C52H33NO. The standard InChI is InChI=1S/C52H33NO/c1-2-12-34(13-3-1)35-24-28-40(29-25-35)53(48-33-38-15-5-7-17-43(38)51-46-20-10-11-21-49(46)54-52(48)51)41-30-26-37(27-31-41)47-32-39-23-22-36-14-4-6-16-42(36)50(39)45-19-9-8-18-44(45)47/h1-33H. The fourth-order valence-corrected chi connectivity index (χ4v) is 8.49. The average molecular weight is 688 g/mol. The summed E-state index contributed by atoms with van der Waals surface area (Å²) in [7, 11) is 0. The van der Waals surface area contributed by atoms with E-state index in [2.05, 4.69) is 199 Å². The molecule has 252 valence electrons. The first kappa shape index (κ1) is 30.5. The summed E-state index contributed by atoms with van der Waals surface area (Å²) in [5.41, 5.74) is 9.65. The van der Waals surface area contributed by atoms with E-state index in [9.17, 15) is 0 Å². The Morgan fingerprint density at radius 3 is 1.61 bits per heavy atom. The molecule has 0 saturated carbocycles. The topological polar surface area (TPSA) is 16.4 Å². The van der Waals surface area contributed by atoms with Crippen molar-refractivity contribution in [1.29, 1.82) is 0 Å². The Kier molecular flexibility index (Phi) is 6.90. The molecule has 0 fully saturated rings. The highest BCUT2D eigenvalue weighted by atomic mass is 16.3. The van der Waals surface area contributed by atoms with Gasteiger partial charge in [-0.05, 0) is 108 Å². The summed E-state index contributed by atoms with van der Waals surface area (Å²) < 4.78 is 6.78. The summed E-state index contributed by atoms with van der Waals surface area (Å²) in [5, 5.41) is 12.2. The Balaban J connectivity index is 1.12. The fourth-order valence-electron chi connectivity index (χ4n) is 8.49. The zero-order valence-corrected chi connectivity index (χ0v) is 29.4. The van der Waals surface area contributed by atoms with Crippen LogP contribution in [0, 0.1) is 0 Å². The molecule has 0 spiro atoms. The van der Waals surface area contributed by atoms with Crippen LogP contribution in [-0.4, -0.2) is 0 Å². The molecule has 0 unspecified atom stereocenters. The van der Waals surface area contributed by atoms with Crippen LogP contribution in [0.15, 0.2) is 205 Å². The molecule has 0 aliphatic heterocycles. The van der Waals surface area contributed by atoms with Crippen molar-refractivity contribution in [3.63, 3.8) is 0 Å². The molecule has 1 heterocycles. The van der Waals surface area contributed by atoms with Gasteiger partial charge in [0.1, 0.15) is 5.58 Å². The molecule has 2 heteroatoms. The smallest absolute Gasteiger partial charge is 0.160 e. The number of anilines is 3. The Bertz CT molecular complexity index is 3190. The van der Waals surface area contributed by atoms with Gasteiger partial charge in [-0.15, -0.1) is 0 Å². The minimum absolute atomic E-state index is 0.874. The van der Waals surface area contributed by atoms with Crippen molar-refractivity contribution in [2.45, 2.75) is 0 Å². The Morgan fingerprint density at radius 2 is 0.870 bits per heavy atom. The minimum Gasteiger partial charge on any atom is -0.454 e. The first-order chi connectivity index (χ1) is 26.8. The molecule has 2 nitrogen and oxygen atoms in total. The molecular weight excluding hydrogens is 655 g/mol. The van der Waals surface area contributed by atoms with Gasteiger partial charge < -0.3 is 9.32 Å². The van der Waals surface area contributed by atoms with Crippen molar-refractivity contribution < 1.29 is 4.42 Å². The summed E-state index contributed by atoms with van der Waals surface area (Å²) >= 11 is 0. The van der Waals surface area contributed by atoms with Gasteiger partial charge in [-0.3, -0.25) is 0 Å². The number of rotatable bonds is 5. The molecule has 10 aromatic carbocycles. The molecule has 0 N–H and O–H groups in total. The zero-order valence-electron chi connectivity index (χ0n) is 29.4. The van der Waals surface area contributed by atoms with Crippen LogP contribution >= 0.6 is 0 Å². The largest absolute Gasteiger partial charge is 0.454 e. The highest BCUT2D eigenvalue weighted by Crippen LogP contribution is 2.46. The van der Waals surface area contributed by atoms with Crippen LogP contribution in [0.2, 0.25) is 0 Å². The van der Waals surface area contributed by atoms with Gasteiger partial charge in [-0.1, -0.05) is 158 Å². The van der Waals surface area contributed by atoms with E-state index < -0.39 is 0 Å². The highest BCUT2D eigenvalue weighted by Gasteiger charge is 2.22. The van der Waals surface area contributed by atoms with Gasteiger partial charge in [0.25, 0.3) is 0 Å². The van der Waals surface area contributed by atoms with Crippen LogP contribution < -0.4 is 4.90 Å². The number of fused-ring (bicyclic) bond motifs is 10. The van der Waals surface area contributed by atoms with Crippen molar-refractivity contribution in [2.75, 3.05) is 4.90 Å². The lowest BCUT2D eigenvalue weighted by Gasteiger charge is -2.26. The first-order valence-corrected chi connectivity index (χ1v) is 18.5. The third-order valence-corrected chi connectivity index (χ3v) is 11.0. The quantitative estimate of drug-likeness (QED) is 0.168. The van der Waals surface area contributed by atoms with E-state index in [4.69, 9.17) is 4.42 Å². The van der Waals surface area contributed by atoms with Crippen molar-refractivity contribution in [1.82, 2.24) is 0 Å². The maximum Gasteiger partial charge on any atom is 0.160 e. The number of hydrogen-bond acceptors (Lipinski definition) is 2. The van der Waals surface area contributed by atoms with E-state index >= 15 is 0 Å². The van der Waals surface area contributed by atoms with Gasteiger partial charge in [0.05, 0.1) is 5.69 Å². The van der Waals surface area contributed by atoms with Gasteiger partial charge in [0, 0.05) is 22.1 Å². The van der Waals surface area contributed by atoms with Gasteiger partial charge >= 0.3 is 0 Å². The Morgan fingerprint density at radius 1 is 0.333 bits per heavy atom. The first-order valence-electron chi connectivity index (χ1n) is 18.5. The molecule has 54 heavy (non-hydrogen) atoms. The molecule has 11 aromatic rings. The lowest BCUT2D eigenvalue weighted by molar-refractivity contribution is 0.669. The second kappa shape index (κ2) is 12.2. The van der Waals surface area contributed by atoms with Gasteiger partial charge in [-0.25, -0.2) is 0 Å².